The van der Waals surface area contributed by atoms with Crippen LogP contribution in [0.2, 0.25) is 0 Å². The van der Waals surface area contributed by atoms with Crippen molar-refractivity contribution >= 4 is 5.91 Å². The fourth-order valence-electron chi connectivity index (χ4n) is 3.13. The molecule has 1 aliphatic heterocycles. The average molecular weight is 279 g/mol. The first kappa shape index (κ1) is 17.0. The summed E-state index contributed by atoms with van der Waals surface area (Å²) in [5.74, 6) is -0.0737. The molecule has 1 rings (SSSR count). The van der Waals surface area contributed by atoms with E-state index in [9.17, 15) is 10.1 Å². The molecule has 1 unspecified atom stereocenters. The molecule has 0 aliphatic carbocycles. The summed E-state index contributed by atoms with van der Waals surface area (Å²) < 4.78 is 0. The van der Waals surface area contributed by atoms with E-state index in [4.69, 9.17) is 0 Å². The molecule has 4 heteroatoms. The monoisotopic (exact) mass is 279 g/mol. The van der Waals surface area contributed by atoms with Crippen LogP contribution in [0.4, 0.5) is 0 Å². The van der Waals surface area contributed by atoms with Crippen LogP contribution in [-0.4, -0.2) is 36.5 Å². The van der Waals surface area contributed by atoms with E-state index in [0.29, 0.717) is 12.8 Å². The van der Waals surface area contributed by atoms with Crippen molar-refractivity contribution in [2.75, 3.05) is 19.6 Å². The first-order chi connectivity index (χ1) is 9.57. The summed E-state index contributed by atoms with van der Waals surface area (Å²) in [6, 6.07) is 2.40. The Morgan fingerprint density at radius 2 is 1.85 bits per heavy atom. The predicted molar refractivity (Wildman–Crippen MR) is 81.1 cm³/mol. The van der Waals surface area contributed by atoms with Crippen LogP contribution < -0.4 is 5.32 Å². The Morgan fingerprint density at radius 1 is 1.30 bits per heavy atom. The Labute approximate surface area is 123 Å². The molecule has 1 amide bonds. The van der Waals surface area contributed by atoms with Crippen molar-refractivity contribution in [2.24, 2.45) is 5.41 Å². The summed E-state index contributed by atoms with van der Waals surface area (Å²) >= 11 is 0. The quantitative estimate of drug-likeness (QED) is 0.743. The summed E-state index contributed by atoms with van der Waals surface area (Å²) in [4.78, 5) is 14.9. The number of nitrogens with one attached hydrogen (secondary N) is 1. The third-order valence-electron chi connectivity index (χ3n) is 4.11. The molecule has 1 fully saturated rings. The maximum Gasteiger partial charge on any atom is 0.240 e. The fourth-order valence-corrected chi connectivity index (χ4v) is 3.13. The molecule has 0 radical (unpaired) electrons. The lowest BCUT2D eigenvalue weighted by Crippen LogP contribution is -2.47. The van der Waals surface area contributed by atoms with Crippen LogP contribution >= 0.6 is 0 Å². The molecule has 1 saturated heterocycles. The first-order valence-electron chi connectivity index (χ1n) is 8.02. The minimum absolute atomic E-state index is 0.0737. The smallest absolute Gasteiger partial charge is 0.240 e. The number of nitrogens with zero attached hydrogens (tertiary/aromatic N) is 2. The lowest BCUT2D eigenvalue weighted by atomic mass is 9.79. The van der Waals surface area contributed by atoms with Gasteiger partial charge in [0.1, 0.15) is 5.41 Å². The summed E-state index contributed by atoms with van der Waals surface area (Å²) in [5.41, 5.74) is -0.831. The number of rotatable bonds is 8. The van der Waals surface area contributed by atoms with Crippen molar-refractivity contribution < 1.29 is 4.79 Å². The standard InChI is InChI=1S/C16H29N3O/c1-4-8-16(13-17,9-5-2)15(20)18-14(3)12-19-10-6-7-11-19/h14H,4-12H2,1-3H3,(H,18,20). The zero-order valence-corrected chi connectivity index (χ0v) is 13.2. The molecule has 1 atom stereocenters. The van der Waals surface area contributed by atoms with Crippen molar-refractivity contribution in [3.05, 3.63) is 0 Å². The fraction of sp³-hybridized carbons (Fsp3) is 0.875. The van der Waals surface area contributed by atoms with Crippen molar-refractivity contribution in [3.63, 3.8) is 0 Å². The highest BCUT2D eigenvalue weighted by Crippen LogP contribution is 2.29. The lowest BCUT2D eigenvalue weighted by molar-refractivity contribution is -0.129. The SMILES string of the molecule is CCCC(C#N)(CCC)C(=O)NC(C)CN1CCCC1. The molecule has 0 aromatic carbocycles. The third-order valence-corrected chi connectivity index (χ3v) is 4.11. The molecule has 0 spiro atoms. The van der Waals surface area contributed by atoms with Gasteiger partial charge in [0.2, 0.25) is 5.91 Å². The number of amides is 1. The molecule has 1 N–H and O–H groups in total. The van der Waals surface area contributed by atoms with Crippen LogP contribution in [0.15, 0.2) is 0 Å². The van der Waals surface area contributed by atoms with Crippen molar-refractivity contribution in [3.8, 4) is 6.07 Å². The number of carbonyl (C=O) groups excluding carboxylic acids is 1. The maximum absolute atomic E-state index is 12.5. The molecule has 4 nitrogen and oxygen atoms in total. The van der Waals surface area contributed by atoms with Gasteiger partial charge in [-0.1, -0.05) is 26.7 Å². The Hall–Kier alpha value is -1.08. The molecular weight excluding hydrogens is 250 g/mol. The van der Waals surface area contributed by atoms with Gasteiger partial charge in [0.25, 0.3) is 0 Å². The number of carbonyl (C=O) groups is 1. The Bertz CT molecular complexity index is 336. The number of nitriles is 1. The van der Waals surface area contributed by atoms with Crippen molar-refractivity contribution in [2.45, 2.75) is 65.3 Å². The van der Waals surface area contributed by atoms with Crippen LogP contribution in [0.1, 0.15) is 59.3 Å². The van der Waals surface area contributed by atoms with E-state index in [1.807, 2.05) is 20.8 Å². The molecule has 0 bridgehead atoms. The minimum Gasteiger partial charge on any atom is -0.351 e. The molecule has 1 aliphatic rings. The van der Waals surface area contributed by atoms with Crippen LogP contribution in [0.5, 0.6) is 0 Å². The largest absolute Gasteiger partial charge is 0.351 e. The van der Waals surface area contributed by atoms with Gasteiger partial charge in [-0.2, -0.15) is 5.26 Å². The summed E-state index contributed by atoms with van der Waals surface area (Å²) in [7, 11) is 0. The minimum atomic E-state index is -0.831. The van der Waals surface area contributed by atoms with E-state index < -0.39 is 5.41 Å². The van der Waals surface area contributed by atoms with Crippen LogP contribution in [-0.2, 0) is 4.79 Å². The Kier molecular flexibility index (Phi) is 7.01. The van der Waals surface area contributed by atoms with Gasteiger partial charge < -0.3 is 10.2 Å². The van der Waals surface area contributed by atoms with Gasteiger partial charge in [-0.25, -0.2) is 0 Å². The van der Waals surface area contributed by atoms with Crippen molar-refractivity contribution in [1.29, 1.82) is 5.26 Å². The third kappa shape index (κ3) is 4.49. The number of hydrogen-bond donors (Lipinski definition) is 1. The normalized spacial score (nSPS) is 17.7. The molecule has 0 aromatic rings. The second kappa shape index (κ2) is 8.26. The van der Waals surface area contributed by atoms with Crippen LogP contribution in [0, 0.1) is 16.7 Å². The van der Waals surface area contributed by atoms with E-state index >= 15 is 0 Å². The van der Waals surface area contributed by atoms with E-state index in [2.05, 4.69) is 16.3 Å². The molecule has 1 heterocycles. The average Bonchev–Trinajstić information content (AvgIpc) is 2.90. The van der Waals surface area contributed by atoms with Gasteiger partial charge in [-0.05, 0) is 45.7 Å². The Morgan fingerprint density at radius 3 is 2.30 bits per heavy atom. The lowest BCUT2D eigenvalue weighted by Gasteiger charge is -2.28. The molecule has 0 aromatic heterocycles. The molecule has 20 heavy (non-hydrogen) atoms. The molecule has 114 valence electrons. The van der Waals surface area contributed by atoms with E-state index in [1.165, 1.54) is 12.8 Å². The highest BCUT2D eigenvalue weighted by molar-refractivity contribution is 5.85. The Balaban J connectivity index is 2.58. The van der Waals surface area contributed by atoms with Gasteiger partial charge in [0.15, 0.2) is 0 Å². The topological polar surface area (TPSA) is 56.1 Å². The maximum atomic E-state index is 12.5. The predicted octanol–water partition coefficient (Wildman–Crippen LogP) is 2.70. The highest BCUT2D eigenvalue weighted by atomic mass is 16.2. The summed E-state index contributed by atoms with van der Waals surface area (Å²) in [6.45, 7) is 9.26. The second-order valence-corrected chi connectivity index (χ2v) is 6.08. The van der Waals surface area contributed by atoms with Gasteiger partial charge in [0, 0.05) is 12.6 Å². The van der Waals surface area contributed by atoms with Crippen LogP contribution in [0.25, 0.3) is 0 Å². The first-order valence-corrected chi connectivity index (χ1v) is 8.02. The zero-order chi connectivity index (χ0) is 15.0. The van der Waals surface area contributed by atoms with Gasteiger partial charge in [-0.15, -0.1) is 0 Å². The van der Waals surface area contributed by atoms with Crippen molar-refractivity contribution in [1.82, 2.24) is 10.2 Å². The summed E-state index contributed by atoms with van der Waals surface area (Å²) in [5, 5.41) is 12.6. The summed E-state index contributed by atoms with van der Waals surface area (Å²) in [6.07, 6.45) is 5.55. The van der Waals surface area contributed by atoms with Gasteiger partial charge in [0.05, 0.1) is 6.07 Å². The van der Waals surface area contributed by atoms with E-state index in [0.717, 1.165) is 32.5 Å². The number of hydrogen-bond acceptors (Lipinski definition) is 3. The molecular formula is C16H29N3O. The molecule has 0 saturated carbocycles. The van der Waals surface area contributed by atoms with E-state index in [1.54, 1.807) is 0 Å². The zero-order valence-electron chi connectivity index (χ0n) is 13.2. The van der Waals surface area contributed by atoms with Gasteiger partial charge >= 0.3 is 0 Å². The van der Waals surface area contributed by atoms with Crippen LogP contribution in [0.3, 0.4) is 0 Å². The van der Waals surface area contributed by atoms with E-state index in [-0.39, 0.29) is 11.9 Å². The van der Waals surface area contributed by atoms with Gasteiger partial charge in [-0.3, -0.25) is 4.79 Å². The second-order valence-electron chi connectivity index (χ2n) is 6.08. The highest BCUT2D eigenvalue weighted by Gasteiger charge is 2.37. The number of likely N-dealkylation sites (tertiary alicyclic amines) is 1.